The average molecular weight is 431 g/mol. The fraction of sp³-hybridized carbons (Fsp3) is 0.227. The predicted molar refractivity (Wildman–Crippen MR) is 114 cm³/mol. The SMILES string of the molecule is CS(=O)(=O)N(CC(=O)NCCOc1ccc2ccccc2c1)Cc1ccccc1F. The molecule has 0 bridgehead atoms. The molecule has 0 aliphatic carbocycles. The van der Waals surface area contributed by atoms with Gasteiger partial charge >= 0.3 is 0 Å². The Morgan fingerprint density at radius 2 is 1.73 bits per heavy atom. The Morgan fingerprint density at radius 3 is 2.47 bits per heavy atom. The summed E-state index contributed by atoms with van der Waals surface area (Å²) in [5.74, 6) is -0.325. The first-order valence-corrected chi connectivity index (χ1v) is 11.2. The van der Waals surface area contributed by atoms with Gasteiger partial charge in [0.15, 0.2) is 0 Å². The number of amides is 1. The van der Waals surface area contributed by atoms with Gasteiger partial charge in [0.1, 0.15) is 18.2 Å². The van der Waals surface area contributed by atoms with Crippen LogP contribution in [0.3, 0.4) is 0 Å². The molecule has 3 rings (SSSR count). The van der Waals surface area contributed by atoms with Crippen LogP contribution in [0.1, 0.15) is 5.56 Å². The summed E-state index contributed by atoms with van der Waals surface area (Å²) in [6, 6.07) is 19.5. The molecule has 1 N–H and O–H groups in total. The van der Waals surface area contributed by atoms with Gasteiger partial charge in [0.2, 0.25) is 15.9 Å². The maximum absolute atomic E-state index is 13.8. The zero-order valence-electron chi connectivity index (χ0n) is 16.5. The first-order valence-electron chi connectivity index (χ1n) is 9.40. The number of halogens is 1. The van der Waals surface area contributed by atoms with Crippen molar-refractivity contribution in [3.8, 4) is 5.75 Å². The molecule has 8 heteroatoms. The van der Waals surface area contributed by atoms with Crippen LogP contribution in [0.15, 0.2) is 66.7 Å². The van der Waals surface area contributed by atoms with Gasteiger partial charge in [-0.2, -0.15) is 4.31 Å². The number of nitrogens with zero attached hydrogens (tertiary/aromatic N) is 1. The molecule has 0 unspecified atom stereocenters. The van der Waals surface area contributed by atoms with Gasteiger partial charge in [-0.3, -0.25) is 4.79 Å². The zero-order chi connectivity index (χ0) is 21.6. The summed E-state index contributed by atoms with van der Waals surface area (Å²) >= 11 is 0. The minimum atomic E-state index is -3.69. The fourth-order valence-corrected chi connectivity index (χ4v) is 3.66. The molecule has 0 radical (unpaired) electrons. The normalized spacial score (nSPS) is 11.6. The highest BCUT2D eigenvalue weighted by Gasteiger charge is 2.21. The molecule has 3 aromatic carbocycles. The van der Waals surface area contributed by atoms with Crippen molar-refractivity contribution in [3.63, 3.8) is 0 Å². The molecule has 3 aromatic rings. The van der Waals surface area contributed by atoms with Gasteiger partial charge in [-0.25, -0.2) is 12.8 Å². The number of ether oxygens (including phenoxy) is 1. The van der Waals surface area contributed by atoms with E-state index in [0.29, 0.717) is 5.75 Å². The van der Waals surface area contributed by atoms with E-state index in [9.17, 15) is 17.6 Å². The zero-order valence-corrected chi connectivity index (χ0v) is 17.4. The molecule has 0 saturated carbocycles. The number of hydrogen-bond acceptors (Lipinski definition) is 4. The Bertz CT molecular complexity index is 1130. The predicted octanol–water partition coefficient (Wildman–Crippen LogP) is 2.94. The van der Waals surface area contributed by atoms with Gasteiger partial charge in [0.25, 0.3) is 0 Å². The second kappa shape index (κ2) is 9.69. The summed E-state index contributed by atoms with van der Waals surface area (Å²) in [6.45, 7) is -0.172. The molecule has 0 fully saturated rings. The molecule has 0 atom stereocenters. The summed E-state index contributed by atoms with van der Waals surface area (Å²) in [4.78, 5) is 12.2. The maximum atomic E-state index is 13.8. The summed E-state index contributed by atoms with van der Waals surface area (Å²) in [5.41, 5.74) is 0.204. The molecule has 0 aromatic heterocycles. The molecule has 1 amide bonds. The average Bonchev–Trinajstić information content (AvgIpc) is 2.71. The van der Waals surface area contributed by atoms with Crippen LogP contribution in [0.5, 0.6) is 5.75 Å². The monoisotopic (exact) mass is 430 g/mol. The molecule has 158 valence electrons. The van der Waals surface area contributed by atoms with Gasteiger partial charge in [-0.1, -0.05) is 48.5 Å². The summed E-state index contributed by atoms with van der Waals surface area (Å²) in [7, 11) is -3.69. The standard InChI is InChI=1S/C22H23FN2O4S/c1-30(27,28)25(15-19-8-4-5-9-21(19)23)16-22(26)24-12-13-29-20-11-10-17-6-2-3-7-18(17)14-20/h2-11,14H,12-13,15-16H2,1H3,(H,24,26). The third-order valence-corrected chi connectivity index (χ3v) is 5.70. The summed E-state index contributed by atoms with van der Waals surface area (Å²) in [5, 5.41) is 4.79. The van der Waals surface area contributed by atoms with Crippen LogP contribution in [-0.2, 0) is 21.4 Å². The number of benzene rings is 3. The molecule has 30 heavy (non-hydrogen) atoms. The van der Waals surface area contributed by atoms with Crippen LogP contribution in [0.4, 0.5) is 4.39 Å². The van der Waals surface area contributed by atoms with Crippen molar-refractivity contribution >= 4 is 26.7 Å². The van der Waals surface area contributed by atoms with E-state index in [0.717, 1.165) is 21.3 Å². The lowest BCUT2D eigenvalue weighted by Gasteiger charge is -2.20. The van der Waals surface area contributed by atoms with Crippen LogP contribution >= 0.6 is 0 Å². The second-order valence-corrected chi connectivity index (χ2v) is 8.81. The number of rotatable bonds is 9. The fourth-order valence-electron chi connectivity index (χ4n) is 2.94. The number of carbonyl (C=O) groups excluding carboxylic acids is 1. The van der Waals surface area contributed by atoms with Gasteiger partial charge in [0, 0.05) is 12.1 Å². The Hall–Kier alpha value is -2.97. The van der Waals surface area contributed by atoms with Crippen molar-refractivity contribution in [3.05, 3.63) is 78.1 Å². The second-order valence-electron chi connectivity index (χ2n) is 6.83. The largest absolute Gasteiger partial charge is 0.492 e. The lowest BCUT2D eigenvalue weighted by Crippen LogP contribution is -2.41. The van der Waals surface area contributed by atoms with Crippen LogP contribution in [-0.4, -0.2) is 44.6 Å². The van der Waals surface area contributed by atoms with E-state index in [4.69, 9.17) is 4.74 Å². The minimum Gasteiger partial charge on any atom is -0.492 e. The quantitative estimate of drug-likeness (QED) is 0.530. The Labute approximate surface area is 175 Å². The van der Waals surface area contributed by atoms with Crippen molar-refractivity contribution in [1.82, 2.24) is 9.62 Å². The van der Waals surface area contributed by atoms with Crippen LogP contribution in [0.2, 0.25) is 0 Å². The van der Waals surface area contributed by atoms with Gasteiger partial charge in [0.05, 0.1) is 19.3 Å². The van der Waals surface area contributed by atoms with E-state index >= 15 is 0 Å². The molecule has 0 aliphatic heterocycles. The highest BCUT2D eigenvalue weighted by molar-refractivity contribution is 7.88. The third kappa shape index (κ3) is 6.01. The molecular weight excluding hydrogens is 407 g/mol. The number of hydrogen-bond donors (Lipinski definition) is 1. The van der Waals surface area contributed by atoms with E-state index in [1.165, 1.54) is 18.2 Å². The van der Waals surface area contributed by atoms with E-state index in [1.807, 2.05) is 42.5 Å². The topological polar surface area (TPSA) is 75.7 Å². The van der Waals surface area contributed by atoms with Crippen molar-refractivity contribution in [1.29, 1.82) is 0 Å². The smallest absolute Gasteiger partial charge is 0.235 e. The van der Waals surface area contributed by atoms with Gasteiger partial charge in [-0.15, -0.1) is 0 Å². The number of nitrogens with one attached hydrogen (secondary N) is 1. The first kappa shape index (κ1) is 21.7. The molecule has 0 saturated heterocycles. The highest BCUT2D eigenvalue weighted by Crippen LogP contribution is 2.20. The molecule has 0 spiro atoms. The molecule has 0 aliphatic rings. The van der Waals surface area contributed by atoms with Gasteiger partial charge < -0.3 is 10.1 Å². The summed E-state index contributed by atoms with van der Waals surface area (Å²) < 4.78 is 44.4. The molecular formula is C22H23FN2O4S. The van der Waals surface area contributed by atoms with Crippen LogP contribution in [0.25, 0.3) is 10.8 Å². The number of sulfonamides is 1. The van der Waals surface area contributed by atoms with Gasteiger partial charge in [-0.05, 0) is 29.0 Å². The first-order chi connectivity index (χ1) is 14.3. The van der Waals surface area contributed by atoms with Crippen molar-refractivity contribution in [2.24, 2.45) is 0 Å². The number of fused-ring (bicyclic) bond motifs is 1. The number of carbonyl (C=O) groups is 1. The van der Waals surface area contributed by atoms with E-state index in [-0.39, 0.29) is 25.3 Å². The lowest BCUT2D eigenvalue weighted by atomic mass is 10.1. The van der Waals surface area contributed by atoms with Crippen molar-refractivity contribution in [2.45, 2.75) is 6.54 Å². The molecule has 0 heterocycles. The third-order valence-electron chi connectivity index (χ3n) is 4.51. The summed E-state index contributed by atoms with van der Waals surface area (Å²) in [6.07, 6.45) is 0.990. The maximum Gasteiger partial charge on any atom is 0.235 e. The van der Waals surface area contributed by atoms with E-state index < -0.39 is 28.3 Å². The lowest BCUT2D eigenvalue weighted by molar-refractivity contribution is -0.121. The molecule has 6 nitrogen and oxygen atoms in total. The Balaban J connectivity index is 1.50. The minimum absolute atomic E-state index is 0.204. The van der Waals surface area contributed by atoms with E-state index in [2.05, 4.69) is 5.32 Å². The van der Waals surface area contributed by atoms with Crippen molar-refractivity contribution < 1.29 is 22.3 Å². The Morgan fingerprint density at radius 1 is 1.03 bits per heavy atom. The van der Waals surface area contributed by atoms with Crippen molar-refractivity contribution in [2.75, 3.05) is 26.0 Å². The highest BCUT2D eigenvalue weighted by atomic mass is 32.2. The van der Waals surface area contributed by atoms with Crippen LogP contribution < -0.4 is 10.1 Å². The Kier molecular flexibility index (Phi) is 7.02. The van der Waals surface area contributed by atoms with Crippen LogP contribution in [0, 0.1) is 5.82 Å². The van der Waals surface area contributed by atoms with E-state index in [1.54, 1.807) is 6.07 Å².